The molecule has 1 aromatic rings. The third-order valence-electron chi connectivity index (χ3n) is 2.78. The summed E-state index contributed by atoms with van der Waals surface area (Å²) in [5.74, 6) is -1.97. The molecule has 5 heteroatoms. The molecule has 0 radical (unpaired) electrons. The van der Waals surface area contributed by atoms with E-state index >= 15 is 0 Å². The molecule has 0 atom stereocenters. The van der Waals surface area contributed by atoms with Crippen molar-refractivity contribution in [3.8, 4) is 0 Å². The van der Waals surface area contributed by atoms with Crippen molar-refractivity contribution >= 4 is 17.7 Å². The molecule has 1 amide bonds. The minimum Gasteiger partial charge on any atom is -0.478 e. The van der Waals surface area contributed by atoms with Crippen LogP contribution >= 0.6 is 0 Å². The molecule has 102 valence electrons. The van der Waals surface area contributed by atoms with E-state index in [0.29, 0.717) is 6.54 Å². The zero-order valence-electron chi connectivity index (χ0n) is 11.3. The predicted octanol–water partition coefficient (Wildman–Crippen LogP) is 2.07. The van der Waals surface area contributed by atoms with Crippen molar-refractivity contribution < 1.29 is 19.5 Å². The maximum Gasteiger partial charge on any atom is 0.336 e. The van der Waals surface area contributed by atoms with Crippen LogP contribution in [0.4, 0.5) is 0 Å². The number of rotatable bonds is 5. The van der Waals surface area contributed by atoms with Gasteiger partial charge in [-0.2, -0.15) is 0 Å². The minimum absolute atomic E-state index is 0.0250. The average molecular weight is 263 g/mol. The second kappa shape index (κ2) is 6.13. The summed E-state index contributed by atoms with van der Waals surface area (Å²) in [6.07, 6.45) is 0.788. The van der Waals surface area contributed by atoms with Crippen LogP contribution in [0.2, 0.25) is 0 Å². The Labute approximate surface area is 111 Å². The van der Waals surface area contributed by atoms with Gasteiger partial charge >= 0.3 is 5.97 Å². The number of carbonyl (C=O) groups is 3. The number of amides is 1. The van der Waals surface area contributed by atoms with Gasteiger partial charge in [-0.1, -0.05) is 13.0 Å². The first-order valence-corrected chi connectivity index (χ1v) is 6.02. The molecular weight excluding hydrogens is 246 g/mol. The second-order valence-corrected chi connectivity index (χ2v) is 4.32. The first-order valence-electron chi connectivity index (χ1n) is 6.02. The quantitative estimate of drug-likeness (QED) is 0.825. The van der Waals surface area contributed by atoms with Crippen LogP contribution in [0.5, 0.6) is 0 Å². The molecule has 0 fully saturated rings. The van der Waals surface area contributed by atoms with Gasteiger partial charge in [0.05, 0.1) is 11.1 Å². The summed E-state index contributed by atoms with van der Waals surface area (Å²) in [6, 6.07) is 4.29. The Hall–Kier alpha value is -2.17. The van der Waals surface area contributed by atoms with Gasteiger partial charge in [-0.05, 0) is 25.5 Å². The summed E-state index contributed by atoms with van der Waals surface area (Å²) in [7, 11) is 1.63. The van der Waals surface area contributed by atoms with Crippen LogP contribution in [0.25, 0.3) is 0 Å². The van der Waals surface area contributed by atoms with Gasteiger partial charge in [0.1, 0.15) is 0 Å². The number of benzene rings is 1. The summed E-state index contributed by atoms with van der Waals surface area (Å²) in [6.45, 7) is 3.75. The average Bonchev–Trinajstić information content (AvgIpc) is 2.36. The van der Waals surface area contributed by atoms with Crippen molar-refractivity contribution in [2.45, 2.75) is 20.3 Å². The fourth-order valence-corrected chi connectivity index (χ4v) is 1.93. The van der Waals surface area contributed by atoms with E-state index in [9.17, 15) is 14.4 Å². The lowest BCUT2D eigenvalue weighted by atomic mass is 9.97. The number of nitrogens with zero attached hydrogens (tertiary/aromatic N) is 1. The van der Waals surface area contributed by atoms with Crippen LogP contribution in [0.15, 0.2) is 18.2 Å². The zero-order valence-corrected chi connectivity index (χ0v) is 11.3. The molecule has 0 spiro atoms. The van der Waals surface area contributed by atoms with Gasteiger partial charge in [0.15, 0.2) is 5.78 Å². The number of ketones is 1. The van der Waals surface area contributed by atoms with Crippen molar-refractivity contribution in [1.82, 2.24) is 4.90 Å². The van der Waals surface area contributed by atoms with Crippen molar-refractivity contribution in [3.63, 3.8) is 0 Å². The molecule has 19 heavy (non-hydrogen) atoms. The number of carboxylic acid groups (broad SMARTS) is 1. The van der Waals surface area contributed by atoms with E-state index < -0.39 is 11.8 Å². The Balaban J connectivity index is 3.35. The fourth-order valence-electron chi connectivity index (χ4n) is 1.93. The number of carbonyl (C=O) groups excluding carboxylic acids is 2. The molecule has 0 aromatic heterocycles. The first-order chi connectivity index (χ1) is 8.90. The molecule has 5 nitrogen and oxygen atoms in total. The van der Waals surface area contributed by atoms with E-state index in [2.05, 4.69) is 0 Å². The molecule has 1 aromatic carbocycles. The third kappa shape index (κ3) is 3.19. The molecule has 0 aliphatic heterocycles. The van der Waals surface area contributed by atoms with Gasteiger partial charge in [-0.25, -0.2) is 4.79 Å². The summed E-state index contributed by atoms with van der Waals surface area (Å²) < 4.78 is 0. The van der Waals surface area contributed by atoms with Gasteiger partial charge in [-0.3, -0.25) is 9.59 Å². The van der Waals surface area contributed by atoms with E-state index in [1.807, 2.05) is 6.92 Å². The van der Waals surface area contributed by atoms with Crippen molar-refractivity contribution in [2.24, 2.45) is 0 Å². The first kappa shape index (κ1) is 14.9. The Bertz CT molecular complexity index is 522. The Morgan fingerprint density at radius 1 is 1.21 bits per heavy atom. The highest BCUT2D eigenvalue weighted by Crippen LogP contribution is 2.18. The van der Waals surface area contributed by atoms with E-state index in [0.717, 1.165) is 6.42 Å². The van der Waals surface area contributed by atoms with Crippen molar-refractivity contribution in [2.75, 3.05) is 13.6 Å². The molecule has 0 bridgehead atoms. The van der Waals surface area contributed by atoms with Crippen LogP contribution in [0.1, 0.15) is 51.3 Å². The Morgan fingerprint density at radius 3 is 2.26 bits per heavy atom. The third-order valence-corrected chi connectivity index (χ3v) is 2.78. The summed E-state index contributed by atoms with van der Waals surface area (Å²) >= 11 is 0. The molecule has 1 N–H and O–H groups in total. The van der Waals surface area contributed by atoms with E-state index in [1.54, 1.807) is 7.05 Å². The highest BCUT2D eigenvalue weighted by atomic mass is 16.4. The molecule has 0 saturated carbocycles. The Morgan fingerprint density at radius 2 is 1.79 bits per heavy atom. The number of carboxylic acids is 1. The van der Waals surface area contributed by atoms with Gasteiger partial charge in [0.2, 0.25) is 0 Å². The topological polar surface area (TPSA) is 74.7 Å². The van der Waals surface area contributed by atoms with Crippen LogP contribution < -0.4 is 0 Å². The molecule has 0 unspecified atom stereocenters. The lowest BCUT2D eigenvalue weighted by Gasteiger charge is -2.18. The second-order valence-electron chi connectivity index (χ2n) is 4.32. The summed E-state index contributed by atoms with van der Waals surface area (Å²) in [5.41, 5.74) is -0.0189. The summed E-state index contributed by atoms with van der Waals surface area (Å²) in [4.78, 5) is 36.5. The van der Waals surface area contributed by atoms with Crippen LogP contribution in [-0.4, -0.2) is 41.3 Å². The fraction of sp³-hybridized carbons (Fsp3) is 0.357. The standard InChI is InChI=1S/C14H17NO4/c1-4-8-15(3)13(17)10-6-5-7-11(14(18)19)12(10)9(2)16/h5-7H,4,8H2,1-3H3,(H,18,19). The zero-order chi connectivity index (χ0) is 14.6. The van der Waals surface area contributed by atoms with Crippen molar-refractivity contribution in [3.05, 3.63) is 34.9 Å². The number of hydrogen-bond donors (Lipinski definition) is 1. The minimum atomic E-state index is -1.21. The lowest BCUT2D eigenvalue weighted by Crippen LogP contribution is -2.29. The van der Waals surface area contributed by atoms with Crippen LogP contribution in [0, 0.1) is 0 Å². The van der Waals surface area contributed by atoms with E-state index in [4.69, 9.17) is 5.11 Å². The predicted molar refractivity (Wildman–Crippen MR) is 70.7 cm³/mol. The van der Waals surface area contributed by atoms with Gasteiger partial charge in [0.25, 0.3) is 5.91 Å². The number of aromatic carboxylic acids is 1. The largest absolute Gasteiger partial charge is 0.478 e. The molecule has 1 rings (SSSR count). The van der Waals surface area contributed by atoms with Gasteiger partial charge in [-0.15, -0.1) is 0 Å². The van der Waals surface area contributed by atoms with Gasteiger partial charge in [0, 0.05) is 19.2 Å². The Kier molecular flexibility index (Phi) is 4.80. The molecule has 0 heterocycles. The van der Waals surface area contributed by atoms with Gasteiger partial charge < -0.3 is 10.0 Å². The molecule has 0 saturated heterocycles. The summed E-state index contributed by atoms with van der Waals surface area (Å²) in [5, 5.41) is 9.09. The molecule has 0 aliphatic rings. The van der Waals surface area contributed by atoms with Crippen LogP contribution in [0.3, 0.4) is 0 Å². The van der Waals surface area contributed by atoms with E-state index in [-0.39, 0.29) is 22.6 Å². The maximum absolute atomic E-state index is 12.2. The normalized spacial score (nSPS) is 10.1. The van der Waals surface area contributed by atoms with Crippen molar-refractivity contribution in [1.29, 1.82) is 0 Å². The molecule has 0 aliphatic carbocycles. The smallest absolute Gasteiger partial charge is 0.336 e. The van der Waals surface area contributed by atoms with Crippen LogP contribution in [-0.2, 0) is 0 Å². The highest BCUT2D eigenvalue weighted by molar-refractivity contribution is 6.12. The highest BCUT2D eigenvalue weighted by Gasteiger charge is 2.23. The maximum atomic E-state index is 12.2. The monoisotopic (exact) mass is 263 g/mol. The molecular formula is C14H17NO4. The lowest BCUT2D eigenvalue weighted by molar-refractivity contribution is 0.0692. The SMILES string of the molecule is CCCN(C)C(=O)c1cccc(C(=O)O)c1C(C)=O. The van der Waals surface area contributed by atoms with E-state index in [1.165, 1.54) is 30.0 Å². The number of hydrogen-bond acceptors (Lipinski definition) is 3. The number of Topliss-reactive ketones (excluding diaryl/α,β-unsaturated/α-hetero) is 1.